The molecule has 5 aromatic carbocycles. The van der Waals surface area contributed by atoms with Crippen molar-refractivity contribution >= 4 is 105 Å². The number of hydrogen-bond acceptors (Lipinski definition) is 15. The summed E-state index contributed by atoms with van der Waals surface area (Å²) in [6.07, 6.45) is 4.14. The zero-order chi connectivity index (χ0) is 70.3. The number of nitrogens with one attached hydrogen (secondary N) is 6. The molecule has 0 radical (unpaired) electrons. The van der Waals surface area contributed by atoms with Crippen LogP contribution in [0.25, 0.3) is 16.5 Å². The highest BCUT2D eigenvalue weighted by atomic mass is 32.2. The predicted molar refractivity (Wildman–Crippen MR) is 373 cm³/mol. The van der Waals surface area contributed by atoms with Gasteiger partial charge in [-0.1, -0.05) is 60.7 Å². The molecule has 26 heteroatoms. The third-order valence-electron chi connectivity index (χ3n) is 18.6. The highest BCUT2D eigenvalue weighted by molar-refractivity contribution is 7.98. The lowest BCUT2D eigenvalue weighted by Crippen LogP contribution is -2.59. The number of hydrogen-bond donors (Lipinski definition) is 9. The number of phenols is 1. The molecule has 10 rings (SSSR count). The number of benzene rings is 5. The van der Waals surface area contributed by atoms with Crippen molar-refractivity contribution in [3.05, 3.63) is 166 Å². The number of H-pyrrole nitrogens is 1. The lowest BCUT2D eigenvalue weighted by atomic mass is 9.86. The van der Waals surface area contributed by atoms with Gasteiger partial charge in [0.05, 0.1) is 35.6 Å². The number of Topliss-reactive ketones (excluding diaryl/α,β-unsaturated/α-hetero) is 2. The van der Waals surface area contributed by atoms with Crippen LogP contribution in [-0.4, -0.2) is 148 Å². The Kier molecular flexibility index (Phi) is 24.4. The van der Waals surface area contributed by atoms with Gasteiger partial charge in [-0.05, 0) is 146 Å². The molecule has 4 aliphatic rings. The zero-order valence-corrected chi connectivity index (χ0v) is 56.6. The number of rotatable bonds is 11. The van der Waals surface area contributed by atoms with E-state index in [0.717, 1.165) is 21.6 Å². The van der Waals surface area contributed by atoms with Crippen molar-refractivity contribution in [3.8, 4) is 11.5 Å². The van der Waals surface area contributed by atoms with Crippen LogP contribution in [0.4, 0.5) is 14.5 Å². The summed E-state index contributed by atoms with van der Waals surface area (Å²) in [7, 11) is 0. The molecule has 7 atom stereocenters. The Morgan fingerprint density at radius 2 is 1.47 bits per heavy atom. The summed E-state index contributed by atoms with van der Waals surface area (Å²) < 4.78 is 36.1. The molecule has 4 heterocycles. The summed E-state index contributed by atoms with van der Waals surface area (Å²) in [6.45, 7) is 0.326. The van der Waals surface area contributed by atoms with Gasteiger partial charge in [0.25, 0.3) is 0 Å². The second-order valence-corrected chi connectivity index (χ2v) is 27.9. The Morgan fingerprint density at radius 1 is 0.737 bits per heavy atom. The molecule has 1 aliphatic carbocycles. The SMILES string of the molecule is C[C@@]12CCCN1C(=O)[C@H](Cc1ccc(O)cc1)NC(=O)CN1C(=O)[C@H](COc3ccccc31)CC(=O)[C@H](Cc1c[nH]c3ccc(F)cc13)NC(=O)[C@H](CC1=CCc3ccc(F)cc31)NC(=O)CNC(=O)[C@H](CCCCN)NC(=O)CCSCc1cccc(c1)CSC[C@@H](C(N)=O)CC2=O. The number of nitrogens with zero attached hydrogens (tertiary/aromatic N) is 2. The zero-order valence-electron chi connectivity index (χ0n) is 54.9. The van der Waals surface area contributed by atoms with E-state index in [1.807, 2.05) is 24.3 Å². The number of anilines is 1. The Morgan fingerprint density at radius 3 is 2.25 bits per heavy atom. The first-order valence-electron chi connectivity index (χ1n) is 33.2. The number of para-hydroxylation sites is 2. The van der Waals surface area contributed by atoms with E-state index in [0.29, 0.717) is 82.7 Å². The van der Waals surface area contributed by atoms with Gasteiger partial charge in [0.15, 0.2) is 11.6 Å². The molecule has 11 N–H and O–H groups in total. The molecule has 22 nitrogen and oxygen atoms in total. The average molecular weight is 1390 g/mol. The Labute approximate surface area is 580 Å². The van der Waals surface area contributed by atoms with E-state index in [2.05, 4.69) is 31.6 Å². The van der Waals surface area contributed by atoms with E-state index >= 15 is 19.2 Å². The Hall–Kier alpha value is -9.40. The van der Waals surface area contributed by atoms with Gasteiger partial charge in [-0.2, -0.15) is 23.5 Å². The number of halogens is 2. The monoisotopic (exact) mass is 1390 g/mol. The molecule has 522 valence electrons. The summed E-state index contributed by atoms with van der Waals surface area (Å²) in [4.78, 5) is 151. The summed E-state index contributed by atoms with van der Waals surface area (Å²) in [5, 5.41) is 24.4. The number of primary amides is 1. The largest absolute Gasteiger partial charge is 0.508 e. The van der Waals surface area contributed by atoms with Gasteiger partial charge in [0.1, 0.15) is 54.4 Å². The van der Waals surface area contributed by atoms with E-state index in [9.17, 15) is 42.7 Å². The maximum Gasteiger partial charge on any atom is 0.246 e. The molecule has 0 saturated carbocycles. The number of fused-ring (bicyclic) bond motifs is 9. The highest BCUT2D eigenvalue weighted by Crippen LogP contribution is 2.37. The standard InChI is InChI=1S/C73H82F2N10O12S2/c1-73-24-7-26-85(73)72(96)60(29-43-13-20-53(86)21-14-43)82-67(91)38-84-61-11-2-3-12-63(61)97-39-49(71(84)95)32-62(87)58(31-48-36-78-56-22-19-52(75)35-55(48)56)83-70(94)59(30-47-16-15-46-17-18-51(74)34-54(46)47)81-66(90)37-79-69(93)57(10-4-5-25-76)80-65(89)23-27-98-40-44-8-6-9-45(28-44)41-99-42-50(68(77)92)33-64(73)88/h2-3,6,8-9,11-14,16-22,28,34-36,49-50,57-60,78,86H,4-5,7,10,15,23-27,29-33,37-42,76H2,1H3,(H2,77,92)(H,79,93)(H,80,89)(H,81,90)(H,82,91)(H,83,94)/t49-,50-,57-,58-,59-,60-,73-/m0/s1. The molecule has 0 unspecified atom stereocenters. The van der Waals surface area contributed by atoms with Gasteiger partial charge in [-0.25, -0.2) is 8.78 Å². The van der Waals surface area contributed by atoms with E-state index < -0.39 is 138 Å². The smallest absolute Gasteiger partial charge is 0.246 e. The molecule has 6 aromatic rings. The number of carbonyl (C=O) groups excluding carboxylic acids is 10. The van der Waals surface area contributed by atoms with Gasteiger partial charge in [0.2, 0.25) is 47.3 Å². The van der Waals surface area contributed by atoms with Crippen molar-refractivity contribution in [2.45, 2.75) is 125 Å². The fourth-order valence-electron chi connectivity index (χ4n) is 13.1. The molecule has 1 fully saturated rings. The summed E-state index contributed by atoms with van der Waals surface area (Å²) >= 11 is 2.92. The fourth-order valence-corrected chi connectivity index (χ4v) is 15.1. The second kappa shape index (κ2) is 33.4. The number of allylic oxidation sites excluding steroid dienone is 1. The van der Waals surface area contributed by atoms with Gasteiger partial charge in [-0.3, -0.25) is 52.8 Å². The summed E-state index contributed by atoms with van der Waals surface area (Å²) in [5.74, 6) is -8.45. The van der Waals surface area contributed by atoms with Crippen molar-refractivity contribution in [1.29, 1.82) is 0 Å². The lowest BCUT2D eigenvalue weighted by Gasteiger charge is -2.37. The number of ketones is 2. The third kappa shape index (κ3) is 18.7. The number of aromatic amines is 1. The summed E-state index contributed by atoms with van der Waals surface area (Å²) in [6, 6.07) is 23.0. The van der Waals surface area contributed by atoms with E-state index in [1.54, 1.807) is 61.7 Å². The quantitative estimate of drug-likeness (QED) is 0.0656. The Balaban J connectivity index is 0.970. The summed E-state index contributed by atoms with van der Waals surface area (Å²) in [5.41, 5.74) is 15.6. The molecular weight excluding hydrogens is 1310 g/mol. The van der Waals surface area contributed by atoms with Crippen LogP contribution in [-0.2, 0) is 78.7 Å². The van der Waals surface area contributed by atoms with E-state index in [4.69, 9.17) is 16.2 Å². The molecule has 0 spiro atoms. The van der Waals surface area contributed by atoms with E-state index in [1.165, 1.54) is 70.9 Å². The first-order valence-corrected chi connectivity index (χ1v) is 35.5. The minimum absolute atomic E-state index is 0.0499. The van der Waals surface area contributed by atoms with Crippen LogP contribution in [0.1, 0.15) is 98.1 Å². The Bertz CT molecular complexity index is 4060. The van der Waals surface area contributed by atoms with Crippen molar-refractivity contribution in [3.63, 3.8) is 0 Å². The van der Waals surface area contributed by atoms with Gasteiger partial charge < -0.3 is 57.8 Å². The molecule has 3 aliphatic heterocycles. The number of carbonyl (C=O) groups is 10. The first-order chi connectivity index (χ1) is 47.6. The minimum Gasteiger partial charge on any atom is -0.508 e. The number of phenolic OH excluding ortho intramolecular Hbond substituents is 1. The number of aromatic nitrogens is 1. The van der Waals surface area contributed by atoms with Crippen LogP contribution in [0.5, 0.6) is 11.5 Å². The molecule has 1 saturated heterocycles. The van der Waals surface area contributed by atoms with Crippen LogP contribution < -0.4 is 47.7 Å². The number of amides is 8. The van der Waals surface area contributed by atoms with Crippen molar-refractivity contribution in [1.82, 2.24) is 36.5 Å². The van der Waals surface area contributed by atoms with Crippen molar-refractivity contribution < 1.29 is 66.6 Å². The first kappa shape index (κ1) is 72.3. The minimum atomic E-state index is -1.50. The number of nitrogens with two attached hydrogens (primary N) is 2. The normalized spacial score (nSPS) is 23.2. The predicted octanol–water partition coefficient (Wildman–Crippen LogP) is 6.16. The van der Waals surface area contributed by atoms with Crippen LogP contribution in [0.2, 0.25) is 0 Å². The lowest BCUT2D eigenvalue weighted by molar-refractivity contribution is -0.146. The average Bonchev–Trinajstić information content (AvgIpc) is 1.69. The maximum absolute atomic E-state index is 15.3. The van der Waals surface area contributed by atoms with Gasteiger partial charge in [-0.15, -0.1) is 0 Å². The molecule has 4 bridgehead atoms. The second-order valence-electron chi connectivity index (χ2n) is 25.7. The van der Waals surface area contributed by atoms with Gasteiger partial charge >= 0.3 is 0 Å². The van der Waals surface area contributed by atoms with Crippen LogP contribution in [0, 0.1) is 23.5 Å². The number of ether oxygens (including phenoxy) is 1. The number of thioether (sulfide) groups is 2. The number of aromatic hydroxyl groups is 1. The van der Waals surface area contributed by atoms with Crippen LogP contribution in [0.15, 0.2) is 121 Å². The van der Waals surface area contributed by atoms with Crippen LogP contribution >= 0.6 is 23.5 Å². The van der Waals surface area contributed by atoms with E-state index in [-0.39, 0.29) is 74.4 Å². The molecule has 1 aromatic heterocycles. The van der Waals surface area contributed by atoms with Crippen LogP contribution in [0.3, 0.4) is 0 Å². The maximum atomic E-state index is 15.3. The molecular formula is C73H82F2N10O12S2. The topological polar surface area (TPSA) is 335 Å². The number of unbranched alkanes of at least 4 members (excludes halogenated alkanes) is 1. The van der Waals surface area contributed by atoms with Crippen molar-refractivity contribution in [2.24, 2.45) is 23.3 Å². The van der Waals surface area contributed by atoms with Gasteiger partial charge in [0, 0.05) is 85.2 Å². The highest BCUT2D eigenvalue weighted by Gasteiger charge is 2.48. The van der Waals surface area contributed by atoms with Crippen molar-refractivity contribution in [2.75, 3.05) is 49.2 Å². The molecule has 8 amide bonds. The third-order valence-corrected chi connectivity index (χ3v) is 20.8. The molecule has 99 heavy (non-hydrogen) atoms. The fraction of sp³-hybridized carbons (Fsp3) is 0.397.